The summed E-state index contributed by atoms with van der Waals surface area (Å²) >= 11 is 3.57. The molecule has 2 N–H and O–H groups in total. The number of aryl methyl sites for hydroxylation is 1. The first-order chi connectivity index (χ1) is 12.6. The zero-order valence-electron chi connectivity index (χ0n) is 14.4. The maximum absolute atomic E-state index is 5.78. The molecular weight excluding hydrogens is 392 g/mol. The molecule has 0 fully saturated rings. The van der Waals surface area contributed by atoms with Crippen LogP contribution in [0.1, 0.15) is 19.4 Å². The average molecular weight is 411 g/mol. The van der Waals surface area contributed by atoms with Gasteiger partial charge in [-0.2, -0.15) is 0 Å². The fourth-order valence-electron chi connectivity index (χ4n) is 3.19. The Kier molecular flexibility index (Phi) is 4.46. The number of imidazole rings is 1. The highest BCUT2D eigenvalue weighted by Gasteiger charge is 2.13. The van der Waals surface area contributed by atoms with E-state index in [9.17, 15) is 0 Å². The number of benzene rings is 1. The molecule has 6 nitrogen and oxygen atoms in total. The zero-order valence-corrected chi connectivity index (χ0v) is 16.0. The van der Waals surface area contributed by atoms with E-state index < -0.39 is 0 Å². The number of hydrogen-bond donors (Lipinski definition) is 1. The number of nitrogens with zero attached hydrogens (tertiary/aromatic N) is 5. The molecule has 0 spiro atoms. The predicted octanol–water partition coefficient (Wildman–Crippen LogP) is 4.29. The standard InChI is InChI=1S/C19H19BrN6/c1-13(26-9-7-22-12-26)5-8-25-11-16(17-4-6-23-19(21)24-17)15-10-14(20)2-3-18(15)25/h2-4,6-7,9-13H,5,8H2,1H3,(H2,21,23,24). The molecule has 1 unspecified atom stereocenters. The van der Waals surface area contributed by atoms with Gasteiger partial charge in [0.05, 0.1) is 12.0 Å². The van der Waals surface area contributed by atoms with Gasteiger partial charge in [-0.25, -0.2) is 15.0 Å². The summed E-state index contributed by atoms with van der Waals surface area (Å²) in [4.78, 5) is 12.5. The van der Waals surface area contributed by atoms with Crippen LogP contribution in [0.2, 0.25) is 0 Å². The van der Waals surface area contributed by atoms with Gasteiger partial charge in [-0.3, -0.25) is 0 Å². The minimum atomic E-state index is 0.284. The third-order valence-electron chi connectivity index (χ3n) is 4.61. The minimum absolute atomic E-state index is 0.284. The molecule has 4 aromatic rings. The normalized spacial score (nSPS) is 12.5. The van der Waals surface area contributed by atoms with E-state index in [1.165, 1.54) is 5.52 Å². The van der Waals surface area contributed by atoms with Gasteiger partial charge in [-0.05, 0) is 37.6 Å². The summed E-state index contributed by atoms with van der Waals surface area (Å²) in [7, 11) is 0. The summed E-state index contributed by atoms with van der Waals surface area (Å²) < 4.78 is 5.45. The molecule has 0 radical (unpaired) electrons. The van der Waals surface area contributed by atoms with Crippen LogP contribution < -0.4 is 5.73 Å². The summed E-state index contributed by atoms with van der Waals surface area (Å²) in [6.45, 7) is 3.11. The number of fused-ring (bicyclic) bond motifs is 1. The Morgan fingerprint density at radius 3 is 2.88 bits per heavy atom. The van der Waals surface area contributed by atoms with Crippen LogP contribution in [0.3, 0.4) is 0 Å². The van der Waals surface area contributed by atoms with Crippen molar-refractivity contribution in [1.29, 1.82) is 0 Å². The first kappa shape index (κ1) is 16.8. The van der Waals surface area contributed by atoms with E-state index in [2.05, 4.69) is 71.3 Å². The lowest BCUT2D eigenvalue weighted by atomic mass is 10.1. The van der Waals surface area contributed by atoms with Gasteiger partial charge in [0.1, 0.15) is 0 Å². The van der Waals surface area contributed by atoms with Gasteiger partial charge in [0, 0.05) is 58.3 Å². The van der Waals surface area contributed by atoms with E-state index in [-0.39, 0.29) is 5.95 Å². The van der Waals surface area contributed by atoms with Crippen LogP contribution in [0.4, 0.5) is 5.95 Å². The highest BCUT2D eigenvalue weighted by Crippen LogP contribution is 2.32. The lowest BCUT2D eigenvalue weighted by molar-refractivity contribution is 0.469. The van der Waals surface area contributed by atoms with Crippen molar-refractivity contribution < 1.29 is 0 Å². The molecule has 0 saturated heterocycles. The number of halogens is 1. The maximum atomic E-state index is 5.78. The molecule has 0 saturated carbocycles. The molecule has 0 amide bonds. The number of nitrogen functional groups attached to an aromatic ring is 1. The fraction of sp³-hybridized carbons (Fsp3) is 0.211. The molecule has 0 aliphatic carbocycles. The third kappa shape index (κ3) is 3.22. The smallest absolute Gasteiger partial charge is 0.220 e. The van der Waals surface area contributed by atoms with E-state index >= 15 is 0 Å². The Hall–Kier alpha value is -2.67. The second kappa shape index (κ2) is 6.92. The maximum Gasteiger partial charge on any atom is 0.220 e. The van der Waals surface area contributed by atoms with Crippen LogP contribution in [-0.2, 0) is 6.54 Å². The predicted molar refractivity (Wildman–Crippen MR) is 107 cm³/mol. The summed E-state index contributed by atoms with van der Waals surface area (Å²) in [5.41, 5.74) is 8.86. The fourth-order valence-corrected chi connectivity index (χ4v) is 3.55. The van der Waals surface area contributed by atoms with Crippen molar-refractivity contribution in [3.05, 3.63) is 59.9 Å². The van der Waals surface area contributed by atoms with E-state index in [4.69, 9.17) is 5.73 Å². The summed E-state index contributed by atoms with van der Waals surface area (Å²) in [5, 5.41) is 1.15. The lowest BCUT2D eigenvalue weighted by Gasteiger charge is -2.14. The second-order valence-corrected chi connectivity index (χ2v) is 7.26. The van der Waals surface area contributed by atoms with Crippen LogP contribution in [0.5, 0.6) is 0 Å². The number of rotatable bonds is 5. The quantitative estimate of drug-likeness (QED) is 0.532. The van der Waals surface area contributed by atoms with Gasteiger partial charge >= 0.3 is 0 Å². The molecule has 0 aliphatic rings. The molecule has 132 valence electrons. The molecule has 0 aliphatic heterocycles. The number of anilines is 1. The molecule has 4 rings (SSSR count). The number of nitrogens with two attached hydrogens (primary N) is 1. The van der Waals surface area contributed by atoms with Crippen molar-refractivity contribution in [2.75, 3.05) is 5.73 Å². The van der Waals surface area contributed by atoms with Gasteiger partial charge in [-0.15, -0.1) is 0 Å². The van der Waals surface area contributed by atoms with Crippen LogP contribution >= 0.6 is 15.9 Å². The zero-order chi connectivity index (χ0) is 18.1. The van der Waals surface area contributed by atoms with Crippen molar-refractivity contribution in [3.8, 4) is 11.3 Å². The highest BCUT2D eigenvalue weighted by molar-refractivity contribution is 9.10. The topological polar surface area (TPSA) is 74.6 Å². The Balaban J connectivity index is 1.71. The van der Waals surface area contributed by atoms with Crippen molar-refractivity contribution in [3.63, 3.8) is 0 Å². The van der Waals surface area contributed by atoms with Gasteiger partial charge < -0.3 is 14.9 Å². The first-order valence-corrected chi connectivity index (χ1v) is 9.26. The van der Waals surface area contributed by atoms with Crippen LogP contribution in [-0.4, -0.2) is 24.1 Å². The second-order valence-electron chi connectivity index (χ2n) is 6.35. The lowest BCUT2D eigenvalue weighted by Crippen LogP contribution is -2.07. The molecule has 7 heteroatoms. The highest BCUT2D eigenvalue weighted by atomic mass is 79.9. The van der Waals surface area contributed by atoms with Gasteiger partial charge in [0.2, 0.25) is 5.95 Å². The summed E-state index contributed by atoms with van der Waals surface area (Å²) in [5.74, 6) is 0.284. The molecule has 3 heterocycles. The van der Waals surface area contributed by atoms with Crippen LogP contribution in [0.15, 0.2) is 59.9 Å². The van der Waals surface area contributed by atoms with Gasteiger partial charge in [0.15, 0.2) is 0 Å². The average Bonchev–Trinajstić information content (AvgIpc) is 3.28. The number of hydrogen-bond acceptors (Lipinski definition) is 4. The molecule has 3 aromatic heterocycles. The van der Waals surface area contributed by atoms with Crippen molar-refractivity contribution in [2.45, 2.75) is 25.9 Å². The molecular formula is C19H19BrN6. The third-order valence-corrected chi connectivity index (χ3v) is 5.11. The molecule has 1 aromatic carbocycles. The Labute approximate surface area is 159 Å². The van der Waals surface area contributed by atoms with Crippen molar-refractivity contribution >= 4 is 32.8 Å². The van der Waals surface area contributed by atoms with E-state index in [1.54, 1.807) is 6.20 Å². The van der Waals surface area contributed by atoms with Crippen LogP contribution in [0, 0.1) is 0 Å². The molecule has 26 heavy (non-hydrogen) atoms. The SMILES string of the molecule is CC(CCn1cc(-c2ccnc(N)n2)c2cc(Br)ccc21)n1ccnc1. The van der Waals surface area contributed by atoms with E-state index in [1.807, 2.05) is 24.8 Å². The number of aromatic nitrogens is 5. The van der Waals surface area contributed by atoms with E-state index in [0.29, 0.717) is 6.04 Å². The van der Waals surface area contributed by atoms with Gasteiger partial charge in [0.25, 0.3) is 0 Å². The Bertz CT molecular complexity index is 1040. The Morgan fingerprint density at radius 2 is 2.12 bits per heavy atom. The van der Waals surface area contributed by atoms with Crippen molar-refractivity contribution in [1.82, 2.24) is 24.1 Å². The Morgan fingerprint density at radius 1 is 1.23 bits per heavy atom. The van der Waals surface area contributed by atoms with Crippen molar-refractivity contribution in [2.24, 2.45) is 0 Å². The molecule has 0 bridgehead atoms. The first-order valence-electron chi connectivity index (χ1n) is 8.46. The van der Waals surface area contributed by atoms with Crippen LogP contribution in [0.25, 0.3) is 22.2 Å². The summed E-state index contributed by atoms with van der Waals surface area (Å²) in [6, 6.07) is 8.60. The van der Waals surface area contributed by atoms with E-state index in [0.717, 1.165) is 34.1 Å². The van der Waals surface area contributed by atoms with Gasteiger partial charge in [-0.1, -0.05) is 15.9 Å². The largest absolute Gasteiger partial charge is 0.368 e. The molecule has 1 atom stereocenters. The monoisotopic (exact) mass is 410 g/mol. The summed E-state index contributed by atoms with van der Waals surface area (Å²) in [6.07, 6.45) is 10.5. The minimum Gasteiger partial charge on any atom is -0.368 e.